The number of rotatable bonds is 5. The molecule has 0 aromatic carbocycles. The van der Waals surface area contributed by atoms with Crippen molar-refractivity contribution in [3.63, 3.8) is 0 Å². The minimum atomic E-state index is -1.03. The Bertz CT molecular complexity index is 736. The first-order valence-electron chi connectivity index (χ1n) is 7.54. The average molecular weight is 334 g/mol. The number of aliphatic carboxylic acids is 1. The number of ether oxygens (including phenoxy) is 1. The molecule has 1 aliphatic heterocycles. The normalized spacial score (nSPS) is 20.5. The molecule has 0 bridgehead atoms. The summed E-state index contributed by atoms with van der Waals surface area (Å²) in [5.41, 5.74) is 0.469. The summed E-state index contributed by atoms with van der Waals surface area (Å²) in [5.74, 6) is -0.0726. The second-order valence-electron chi connectivity index (χ2n) is 5.67. The van der Waals surface area contributed by atoms with Crippen LogP contribution in [0.3, 0.4) is 0 Å². The molecule has 1 saturated heterocycles. The summed E-state index contributed by atoms with van der Waals surface area (Å²) in [7, 11) is 1.51. The van der Waals surface area contributed by atoms with Gasteiger partial charge in [0.25, 0.3) is 5.89 Å². The molecule has 2 atom stereocenters. The SMILES string of the molecule is COC1CC(C(=O)O)N(C(=O)Cc2nc(-c3ccco3)oc2C)C1. The smallest absolute Gasteiger partial charge is 0.326 e. The number of amides is 1. The summed E-state index contributed by atoms with van der Waals surface area (Å²) in [6, 6.07) is 2.55. The first kappa shape index (κ1) is 16.3. The van der Waals surface area contributed by atoms with Gasteiger partial charge in [-0.05, 0) is 19.1 Å². The van der Waals surface area contributed by atoms with Gasteiger partial charge in [-0.2, -0.15) is 0 Å². The van der Waals surface area contributed by atoms with E-state index in [4.69, 9.17) is 13.6 Å². The first-order chi connectivity index (χ1) is 11.5. The molecule has 3 rings (SSSR count). The summed E-state index contributed by atoms with van der Waals surface area (Å²) >= 11 is 0. The number of aryl methyl sites for hydroxylation is 1. The van der Waals surface area contributed by atoms with Crippen molar-refractivity contribution in [2.45, 2.75) is 31.9 Å². The quantitative estimate of drug-likeness (QED) is 0.882. The molecule has 1 N–H and O–H groups in total. The zero-order valence-electron chi connectivity index (χ0n) is 13.4. The predicted molar refractivity (Wildman–Crippen MR) is 81.2 cm³/mol. The van der Waals surface area contributed by atoms with Crippen molar-refractivity contribution < 1.29 is 28.3 Å². The van der Waals surface area contributed by atoms with Crippen molar-refractivity contribution in [1.82, 2.24) is 9.88 Å². The van der Waals surface area contributed by atoms with E-state index in [0.717, 1.165) is 0 Å². The largest absolute Gasteiger partial charge is 0.480 e. The Balaban J connectivity index is 1.76. The Morgan fingerprint density at radius 1 is 1.50 bits per heavy atom. The van der Waals surface area contributed by atoms with Gasteiger partial charge in [0, 0.05) is 20.1 Å². The van der Waals surface area contributed by atoms with Gasteiger partial charge in [-0.25, -0.2) is 9.78 Å². The van der Waals surface area contributed by atoms with E-state index >= 15 is 0 Å². The lowest BCUT2D eigenvalue weighted by molar-refractivity contribution is -0.148. The van der Waals surface area contributed by atoms with Crippen molar-refractivity contribution in [3.05, 3.63) is 29.9 Å². The molecule has 0 saturated carbocycles. The molecular formula is C16H18N2O6. The second-order valence-corrected chi connectivity index (χ2v) is 5.67. The van der Waals surface area contributed by atoms with Gasteiger partial charge in [-0.3, -0.25) is 4.79 Å². The molecule has 2 unspecified atom stereocenters. The third kappa shape index (κ3) is 3.05. The van der Waals surface area contributed by atoms with Crippen molar-refractivity contribution >= 4 is 11.9 Å². The molecule has 2 aromatic heterocycles. The highest BCUT2D eigenvalue weighted by Gasteiger charge is 2.40. The lowest BCUT2D eigenvalue weighted by Gasteiger charge is -2.20. The van der Waals surface area contributed by atoms with Crippen LogP contribution in [-0.4, -0.2) is 52.7 Å². The third-order valence-corrected chi connectivity index (χ3v) is 4.14. The zero-order valence-corrected chi connectivity index (χ0v) is 13.4. The lowest BCUT2D eigenvalue weighted by Crippen LogP contribution is -2.41. The van der Waals surface area contributed by atoms with Crippen LogP contribution in [-0.2, 0) is 20.7 Å². The molecule has 128 valence electrons. The van der Waals surface area contributed by atoms with Crippen LogP contribution in [0.1, 0.15) is 17.9 Å². The highest BCUT2D eigenvalue weighted by Crippen LogP contribution is 2.25. The van der Waals surface area contributed by atoms with E-state index in [9.17, 15) is 14.7 Å². The van der Waals surface area contributed by atoms with Gasteiger partial charge in [0.1, 0.15) is 11.8 Å². The highest BCUT2D eigenvalue weighted by atomic mass is 16.5. The fourth-order valence-corrected chi connectivity index (χ4v) is 2.82. The van der Waals surface area contributed by atoms with Crippen molar-refractivity contribution in [1.29, 1.82) is 0 Å². The topological polar surface area (TPSA) is 106 Å². The Hall–Kier alpha value is -2.61. The van der Waals surface area contributed by atoms with Gasteiger partial charge in [0.05, 0.1) is 24.5 Å². The van der Waals surface area contributed by atoms with Gasteiger partial charge in [-0.15, -0.1) is 0 Å². The van der Waals surface area contributed by atoms with Crippen LogP contribution in [0, 0.1) is 6.92 Å². The number of oxazole rings is 1. The van der Waals surface area contributed by atoms with E-state index in [1.807, 2.05) is 0 Å². The molecule has 1 aliphatic rings. The maximum Gasteiger partial charge on any atom is 0.326 e. The van der Waals surface area contributed by atoms with Crippen LogP contribution in [0.5, 0.6) is 0 Å². The molecule has 0 aliphatic carbocycles. The van der Waals surface area contributed by atoms with Crippen molar-refractivity contribution in [3.8, 4) is 11.7 Å². The number of carbonyl (C=O) groups is 2. The summed E-state index contributed by atoms with van der Waals surface area (Å²) in [6.45, 7) is 1.97. The summed E-state index contributed by atoms with van der Waals surface area (Å²) in [6.07, 6.45) is 1.49. The molecule has 8 heteroatoms. The maximum absolute atomic E-state index is 12.5. The van der Waals surface area contributed by atoms with E-state index in [1.54, 1.807) is 19.1 Å². The van der Waals surface area contributed by atoms with Gasteiger partial charge >= 0.3 is 5.97 Å². The minimum Gasteiger partial charge on any atom is -0.480 e. The number of carbonyl (C=O) groups excluding carboxylic acids is 1. The van der Waals surface area contributed by atoms with Crippen molar-refractivity contribution in [2.24, 2.45) is 0 Å². The number of carboxylic acids is 1. The number of carboxylic acid groups (broad SMARTS) is 1. The van der Waals surface area contributed by atoms with Gasteiger partial charge in [-0.1, -0.05) is 0 Å². The molecule has 8 nitrogen and oxygen atoms in total. The maximum atomic E-state index is 12.5. The fraction of sp³-hybridized carbons (Fsp3) is 0.438. The van der Waals surface area contributed by atoms with Crippen LogP contribution in [0.25, 0.3) is 11.7 Å². The lowest BCUT2D eigenvalue weighted by atomic mass is 10.2. The van der Waals surface area contributed by atoms with Crippen LogP contribution in [0.4, 0.5) is 0 Å². The standard InChI is InChI=1S/C16H18N2O6/c1-9-11(17-15(24-9)13-4-3-5-23-13)7-14(19)18-8-10(22-2)6-12(18)16(20)21/h3-5,10,12H,6-8H2,1-2H3,(H,20,21). The zero-order chi connectivity index (χ0) is 17.3. The van der Waals surface area contributed by atoms with E-state index < -0.39 is 12.0 Å². The monoisotopic (exact) mass is 334 g/mol. The van der Waals surface area contributed by atoms with Crippen LogP contribution in [0.2, 0.25) is 0 Å². The van der Waals surface area contributed by atoms with E-state index in [-0.39, 0.29) is 31.4 Å². The predicted octanol–water partition coefficient (Wildman–Crippen LogP) is 1.49. The highest BCUT2D eigenvalue weighted by molar-refractivity contribution is 5.85. The number of hydrogen-bond acceptors (Lipinski definition) is 6. The molecule has 0 spiro atoms. The molecular weight excluding hydrogens is 316 g/mol. The van der Waals surface area contributed by atoms with Crippen LogP contribution in [0.15, 0.2) is 27.2 Å². The molecule has 1 fully saturated rings. The Morgan fingerprint density at radius 2 is 2.29 bits per heavy atom. The van der Waals surface area contributed by atoms with Gasteiger partial charge < -0.3 is 23.6 Å². The number of hydrogen-bond donors (Lipinski definition) is 1. The minimum absolute atomic E-state index is 0.0315. The number of aromatic nitrogens is 1. The molecule has 1 amide bonds. The second kappa shape index (κ2) is 6.48. The van der Waals surface area contributed by atoms with Crippen LogP contribution < -0.4 is 0 Å². The first-order valence-corrected chi connectivity index (χ1v) is 7.54. The Labute approximate surface area is 138 Å². The number of furan rings is 1. The average Bonchev–Trinajstić information content (AvgIpc) is 3.26. The molecule has 0 radical (unpaired) electrons. The number of nitrogens with zero attached hydrogens (tertiary/aromatic N) is 2. The molecule has 24 heavy (non-hydrogen) atoms. The Kier molecular flexibility index (Phi) is 4.39. The van der Waals surface area contributed by atoms with E-state index in [2.05, 4.69) is 4.98 Å². The van der Waals surface area contributed by atoms with Crippen LogP contribution >= 0.6 is 0 Å². The third-order valence-electron chi connectivity index (χ3n) is 4.14. The number of methoxy groups -OCH3 is 1. The van der Waals surface area contributed by atoms with E-state index in [1.165, 1.54) is 18.3 Å². The van der Waals surface area contributed by atoms with Gasteiger partial charge in [0.2, 0.25) is 5.91 Å². The van der Waals surface area contributed by atoms with Gasteiger partial charge in [0.15, 0.2) is 5.76 Å². The summed E-state index contributed by atoms with van der Waals surface area (Å²) in [4.78, 5) is 29.5. The van der Waals surface area contributed by atoms with Crippen molar-refractivity contribution in [2.75, 3.05) is 13.7 Å². The molecule has 3 heterocycles. The van der Waals surface area contributed by atoms with E-state index in [0.29, 0.717) is 23.1 Å². The number of likely N-dealkylation sites (tertiary alicyclic amines) is 1. The summed E-state index contributed by atoms with van der Waals surface area (Å²) < 4.78 is 15.9. The fourth-order valence-electron chi connectivity index (χ4n) is 2.82. The summed E-state index contributed by atoms with van der Waals surface area (Å²) in [5, 5.41) is 9.30. The Morgan fingerprint density at radius 3 is 2.92 bits per heavy atom. The molecule has 2 aromatic rings.